The lowest BCUT2D eigenvalue weighted by molar-refractivity contribution is 0.0505. The van der Waals surface area contributed by atoms with Gasteiger partial charge in [-0.25, -0.2) is 9.59 Å². The Bertz CT molecular complexity index is 669. The van der Waals surface area contributed by atoms with Crippen LogP contribution in [-0.4, -0.2) is 30.6 Å². The van der Waals surface area contributed by atoms with Crippen molar-refractivity contribution in [3.8, 4) is 0 Å². The molecule has 126 valence electrons. The summed E-state index contributed by atoms with van der Waals surface area (Å²) in [6.45, 7) is 2.87. The molecule has 0 spiro atoms. The van der Waals surface area contributed by atoms with Gasteiger partial charge in [0, 0.05) is 19.3 Å². The van der Waals surface area contributed by atoms with Crippen LogP contribution in [0.2, 0.25) is 0 Å². The second kappa shape index (κ2) is 8.72. The molecule has 0 radical (unpaired) electrons. The van der Waals surface area contributed by atoms with E-state index in [0.717, 1.165) is 12.0 Å². The lowest BCUT2D eigenvalue weighted by Gasteiger charge is -2.18. The number of rotatable bonds is 6. The standard InChI is InChI=1S/C19H22N2O3/c1-3-13-24-18(22)16-9-11-17(12-10-16)20-19(23)21(2)14-15-7-5-4-6-8-15/h4-12H,3,13-14H2,1-2H3,(H,20,23). The first-order valence-electron chi connectivity index (χ1n) is 7.93. The minimum Gasteiger partial charge on any atom is -0.462 e. The molecule has 0 heterocycles. The molecule has 2 amide bonds. The minimum atomic E-state index is -0.351. The summed E-state index contributed by atoms with van der Waals surface area (Å²) in [5, 5.41) is 2.81. The number of ether oxygens (including phenoxy) is 1. The van der Waals surface area contributed by atoms with Gasteiger partial charge in [-0.15, -0.1) is 0 Å². The van der Waals surface area contributed by atoms with Crippen LogP contribution in [0.3, 0.4) is 0 Å². The first kappa shape index (κ1) is 17.5. The van der Waals surface area contributed by atoms with Crippen LogP contribution in [0.4, 0.5) is 10.5 Å². The van der Waals surface area contributed by atoms with Crippen LogP contribution in [0, 0.1) is 0 Å². The first-order valence-corrected chi connectivity index (χ1v) is 7.93. The Balaban J connectivity index is 1.90. The third-order valence-electron chi connectivity index (χ3n) is 3.42. The molecule has 0 saturated heterocycles. The number of hydrogen-bond acceptors (Lipinski definition) is 3. The van der Waals surface area contributed by atoms with Crippen LogP contribution >= 0.6 is 0 Å². The number of nitrogens with zero attached hydrogens (tertiary/aromatic N) is 1. The number of nitrogens with one attached hydrogen (secondary N) is 1. The van der Waals surface area contributed by atoms with E-state index in [1.165, 1.54) is 0 Å². The van der Waals surface area contributed by atoms with Crippen molar-refractivity contribution in [3.63, 3.8) is 0 Å². The molecule has 0 fully saturated rings. The van der Waals surface area contributed by atoms with Crippen LogP contribution < -0.4 is 5.32 Å². The third-order valence-corrected chi connectivity index (χ3v) is 3.42. The highest BCUT2D eigenvalue weighted by Gasteiger charge is 2.10. The van der Waals surface area contributed by atoms with E-state index in [2.05, 4.69) is 5.32 Å². The normalized spacial score (nSPS) is 10.1. The van der Waals surface area contributed by atoms with E-state index in [1.807, 2.05) is 37.3 Å². The third kappa shape index (κ3) is 5.12. The van der Waals surface area contributed by atoms with E-state index in [9.17, 15) is 9.59 Å². The van der Waals surface area contributed by atoms with Crippen LogP contribution in [-0.2, 0) is 11.3 Å². The quantitative estimate of drug-likeness (QED) is 0.819. The van der Waals surface area contributed by atoms with Crippen molar-refractivity contribution >= 4 is 17.7 Å². The Morgan fingerprint density at radius 1 is 1.04 bits per heavy atom. The molecular formula is C19H22N2O3. The van der Waals surface area contributed by atoms with Gasteiger partial charge in [0.15, 0.2) is 0 Å². The summed E-state index contributed by atoms with van der Waals surface area (Å²) < 4.78 is 5.07. The van der Waals surface area contributed by atoms with Crippen molar-refractivity contribution in [2.75, 3.05) is 19.0 Å². The summed E-state index contributed by atoms with van der Waals surface area (Å²) in [7, 11) is 1.73. The molecule has 2 aromatic carbocycles. The fourth-order valence-electron chi connectivity index (χ4n) is 2.12. The predicted molar refractivity (Wildman–Crippen MR) is 93.9 cm³/mol. The molecule has 0 saturated carbocycles. The van der Waals surface area contributed by atoms with E-state index in [-0.39, 0.29) is 12.0 Å². The second-order valence-electron chi connectivity index (χ2n) is 5.49. The topological polar surface area (TPSA) is 58.6 Å². The van der Waals surface area contributed by atoms with Crippen LogP contribution in [0.25, 0.3) is 0 Å². The van der Waals surface area contributed by atoms with Crippen molar-refractivity contribution in [2.45, 2.75) is 19.9 Å². The summed E-state index contributed by atoms with van der Waals surface area (Å²) in [6.07, 6.45) is 0.785. The van der Waals surface area contributed by atoms with Crippen LogP contribution in [0.1, 0.15) is 29.3 Å². The predicted octanol–water partition coefficient (Wildman–Crippen LogP) is 3.92. The molecular weight excluding hydrogens is 304 g/mol. The fourth-order valence-corrected chi connectivity index (χ4v) is 2.12. The molecule has 0 aliphatic rings. The second-order valence-corrected chi connectivity index (χ2v) is 5.49. The average molecular weight is 326 g/mol. The van der Waals surface area contributed by atoms with Gasteiger partial charge in [0.25, 0.3) is 0 Å². The lowest BCUT2D eigenvalue weighted by Crippen LogP contribution is -2.30. The van der Waals surface area contributed by atoms with Gasteiger partial charge < -0.3 is 15.0 Å². The number of carbonyl (C=O) groups is 2. The van der Waals surface area contributed by atoms with Crippen molar-refractivity contribution in [1.29, 1.82) is 0 Å². The van der Waals surface area contributed by atoms with Crippen molar-refractivity contribution in [2.24, 2.45) is 0 Å². The molecule has 0 aliphatic heterocycles. The van der Waals surface area contributed by atoms with Gasteiger partial charge >= 0.3 is 12.0 Å². The highest BCUT2D eigenvalue weighted by Crippen LogP contribution is 2.12. The van der Waals surface area contributed by atoms with Crippen molar-refractivity contribution in [1.82, 2.24) is 4.90 Å². The van der Waals surface area contributed by atoms with Crippen LogP contribution in [0.15, 0.2) is 54.6 Å². The van der Waals surface area contributed by atoms with Gasteiger partial charge in [-0.2, -0.15) is 0 Å². The maximum atomic E-state index is 12.2. The van der Waals surface area contributed by atoms with Gasteiger partial charge in [-0.05, 0) is 36.2 Å². The number of benzene rings is 2. The van der Waals surface area contributed by atoms with E-state index < -0.39 is 0 Å². The molecule has 5 heteroatoms. The highest BCUT2D eigenvalue weighted by molar-refractivity contribution is 5.92. The maximum absolute atomic E-state index is 12.2. The Morgan fingerprint density at radius 2 is 1.71 bits per heavy atom. The summed E-state index contributed by atoms with van der Waals surface area (Å²) in [4.78, 5) is 25.5. The number of anilines is 1. The summed E-state index contributed by atoms with van der Waals surface area (Å²) in [6, 6.07) is 16.2. The van der Waals surface area contributed by atoms with Gasteiger partial charge in [0.1, 0.15) is 0 Å². The van der Waals surface area contributed by atoms with E-state index in [4.69, 9.17) is 4.74 Å². The molecule has 24 heavy (non-hydrogen) atoms. The molecule has 0 unspecified atom stereocenters. The Labute approximate surface area is 142 Å². The van der Waals surface area contributed by atoms with Gasteiger partial charge in [0.05, 0.1) is 12.2 Å². The van der Waals surface area contributed by atoms with E-state index in [0.29, 0.717) is 24.4 Å². The zero-order chi connectivity index (χ0) is 17.4. The molecule has 2 aromatic rings. The number of esters is 1. The molecule has 0 aromatic heterocycles. The first-order chi connectivity index (χ1) is 11.6. The van der Waals surface area contributed by atoms with Crippen molar-refractivity contribution in [3.05, 3.63) is 65.7 Å². The Hall–Kier alpha value is -2.82. The SMILES string of the molecule is CCCOC(=O)c1ccc(NC(=O)N(C)Cc2ccccc2)cc1. The van der Waals surface area contributed by atoms with E-state index >= 15 is 0 Å². The summed E-state index contributed by atoms with van der Waals surface area (Å²) >= 11 is 0. The Kier molecular flexibility index (Phi) is 6.37. The maximum Gasteiger partial charge on any atom is 0.338 e. The van der Waals surface area contributed by atoms with Crippen LogP contribution in [0.5, 0.6) is 0 Å². The van der Waals surface area contributed by atoms with Gasteiger partial charge in [-0.1, -0.05) is 37.3 Å². The fraction of sp³-hybridized carbons (Fsp3) is 0.263. The smallest absolute Gasteiger partial charge is 0.338 e. The highest BCUT2D eigenvalue weighted by atomic mass is 16.5. The summed E-state index contributed by atoms with van der Waals surface area (Å²) in [5.74, 6) is -0.351. The van der Waals surface area contributed by atoms with Gasteiger partial charge in [-0.3, -0.25) is 0 Å². The molecule has 2 rings (SSSR count). The monoisotopic (exact) mass is 326 g/mol. The number of carbonyl (C=O) groups excluding carboxylic acids is 2. The number of hydrogen-bond donors (Lipinski definition) is 1. The zero-order valence-corrected chi connectivity index (χ0v) is 14.0. The molecule has 0 bridgehead atoms. The zero-order valence-electron chi connectivity index (χ0n) is 14.0. The molecule has 0 atom stereocenters. The van der Waals surface area contributed by atoms with Crippen molar-refractivity contribution < 1.29 is 14.3 Å². The lowest BCUT2D eigenvalue weighted by atomic mass is 10.2. The largest absolute Gasteiger partial charge is 0.462 e. The molecule has 1 N–H and O–H groups in total. The van der Waals surface area contributed by atoms with Gasteiger partial charge in [0.2, 0.25) is 0 Å². The number of urea groups is 1. The number of amides is 2. The Morgan fingerprint density at radius 3 is 2.33 bits per heavy atom. The molecule has 5 nitrogen and oxygen atoms in total. The minimum absolute atomic E-state index is 0.208. The molecule has 0 aliphatic carbocycles. The van der Waals surface area contributed by atoms with E-state index in [1.54, 1.807) is 36.2 Å². The average Bonchev–Trinajstić information content (AvgIpc) is 2.61. The summed E-state index contributed by atoms with van der Waals surface area (Å²) in [5.41, 5.74) is 2.16.